The average Bonchev–Trinajstić information content (AvgIpc) is 1.82. The molecule has 0 unspecified atom stereocenters. The quantitative estimate of drug-likeness (QED) is 0.228. The zero-order valence-electron chi connectivity index (χ0n) is 5.78. The van der Waals surface area contributed by atoms with Gasteiger partial charge in [0.2, 0.25) is 0 Å². The number of unbranched alkanes of at least 4 members (excludes halogenated alkanes) is 1. The van der Waals surface area contributed by atoms with E-state index in [1.165, 1.54) is 12.8 Å². The van der Waals surface area contributed by atoms with Crippen molar-refractivity contribution in [3.63, 3.8) is 0 Å². The predicted octanol–water partition coefficient (Wildman–Crippen LogP) is 0.655. The van der Waals surface area contributed by atoms with Crippen LogP contribution in [0.4, 0.5) is 0 Å². The van der Waals surface area contributed by atoms with E-state index in [0.29, 0.717) is 0 Å². The van der Waals surface area contributed by atoms with Gasteiger partial charge in [-0.2, -0.15) is 0 Å². The molecule has 0 aliphatic heterocycles. The van der Waals surface area contributed by atoms with Gasteiger partial charge in [-0.25, -0.2) is 0 Å². The van der Waals surface area contributed by atoms with Crippen LogP contribution in [0.1, 0.15) is 19.8 Å². The Bertz CT molecular complexity index is 102. The maximum absolute atomic E-state index is 8.56. The molecule has 0 aliphatic rings. The zero-order chi connectivity index (χ0) is 8.41. The predicted molar refractivity (Wildman–Crippen MR) is 38.0 cm³/mol. The minimum atomic E-state index is -2.86. The second-order valence-electron chi connectivity index (χ2n) is 1.44. The van der Waals surface area contributed by atoms with E-state index in [1.807, 2.05) is 0 Å². The molecule has 6 heteroatoms. The van der Waals surface area contributed by atoms with E-state index in [0.717, 1.165) is 6.61 Å². The first-order valence-corrected chi connectivity index (χ1v) is 4.25. The Morgan fingerprint density at radius 3 is 2.10 bits per heavy atom. The number of hydrogen-bond donors (Lipinski definition) is 1. The van der Waals surface area contributed by atoms with Crippen LogP contribution < -0.4 is 0 Å². The molecule has 0 saturated heterocycles. The molecule has 59 valence electrons. The van der Waals surface area contributed by atoms with Crippen LogP contribution in [0, 0.1) is 0 Å². The monoisotopic (exact) mass is 181 g/mol. The van der Waals surface area contributed by atoms with Crippen LogP contribution >= 0.6 is 0 Å². The van der Waals surface area contributed by atoms with Gasteiger partial charge < -0.3 is 13.0 Å². The van der Waals surface area contributed by atoms with Gasteiger partial charge in [-0.05, 0) is 0 Å². The molecule has 0 aliphatic carbocycles. The second-order valence-corrected chi connectivity index (χ2v) is 2.21. The van der Waals surface area contributed by atoms with Gasteiger partial charge in [-0.3, -0.25) is 0 Å². The zero-order valence-corrected chi connectivity index (χ0v) is 7.75. The maximum atomic E-state index is 8.56. The van der Waals surface area contributed by atoms with Crippen molar-refractivity contribution in [1.82, 2.24) is 0 Å². The van der Waals surface area contributed by atoms with Crippen LogP contribution in [-0.4, -0.2) is 27.8 Å². The van der Waals surface area contributed by atoms with Gasteiger partial charge in [-0.1, -0.05) is 0 Å². The molecule has 1 radical (unpaired) electrons. The molecular weight excluding hydrogens is 171 g/mol. The van der Waals surface area contributed by atoms with Crippen LogP contribution in [0.15, 0.2) is 0 Å². The Hall–Kier alpha value is 0.402. The fraction of sp³-hybridized carbons (Fsp3) is 1.00. The standard InChI is InChI=1S/C4H9O.Al.HO3S/c1-2-3-4-5;;1-4(2)3/h2-4H2,1H3;;(H,1,2,3)/q-1;+2;-1. The van der Waals surface area contributed by atoms with Crippen LogP contribution in [0.25, 0.3) is 0 Å². The average molecular weight is 181 g/mol. The third-order valence-corrected chi connectivity index (χ3v) is 0.851. The Morgan fingerprint density at radius 1 is 1.60 bits per heavy atom. The Balaban J connectivity index is 0. The van der Waals surface area contributed by atoms with Crippen LogP contribution in [0.3, 0.4) is 0 Å². The Labute approximate surface area is 71.1 Å². The summed E-state index contributed by atoms with van der Waals surface area (Å²) in [6, 6.07) is 0. The van der Waals surface area contributed by atoms with Gasteiger partial charge in [-0.15, -0.1) is 0 Å². The first-order valence-electron chi connectivity index (χ1n) is 2.75. The van der Waals surface area contributed by atoms with Gasteiger partial charge >= 0.3 is 46.8 Å². The van der Waals surface area contributed by atoms with Crippen molar-refractivity contribution < 1.29 is 16.8 Å². The van der Waals surface area contributed by atoms with Crippen LogP contribution in [-0.2, 0) is 23.2 Å². The molecular formula is C4H10AlO4S. The van der Waals surface area contributed by atoms with E-state index in [1.54, 1.807) is 0 Å². The molecule has 0 saturated carbocycles. The van der Waals surface area contributed by atoms with Crippen LogP contribution in [0.5, 0.6) is 0 Å². The molecule has 0 fully saturated rings. The first kappa shape index (κ1) is 13.0. The summed E-state index contributed by atoms with van der Waals surface area (Å²) in [7, 11) is -2.86. The molecule has 0 aromatic heterocycles. The molecule has 1 N–H and O–H groups in total. The fourth-order valence-corrected chi connectivity index (χ4v) is 0.394. The van der Waals surface area contributed by atoms with Gasteiger partial charge in [0, 0.05) is 11.0 Å². The number of hydrogen-bond acceptors (Lipinski definition) is 4. The smallest absolute Gasteiger partial charge is 0.0495 e. The molecule has 0 bridgehead atoms. The fourth-order valence-electron chi connectivity index (χ4n) is 0.228. The van der Waals surface area contributed by atoms with E-state index in [4.69, 9.17) is 16.8 Å². The number of rotatable bonds is 3. The third kappa shape index (κ3) is 39.8. The molecule has 4 nitrogen and oxygen atoms in total. The summed E-state index contributed by atoms with van der Waals surface area (Å²) in [5.41, 5.74) is 0. The SMILES string of the molecule is CCCC[O][Al+].O=[S-](=O)O. The molecule has 10 heavy (non-hydrogen) atoms. The Morgan fingerprint density at radius 2 is 2.00 bits per heavy atom. The summed E-state index contributed by atoms with van der Waals surface area (Å²) in [5, 5.41) is 0. The van der Waals surface area contributed by atoms with Crippen molar-refractivity contribution in [3.8, 4) is 0 Å². The molecule has 0 amide bonds. The van der Waals surface area contributed by atoms with Crippen molar-refractivity contribution in [2.75, 3.05) is 6.61 Å². The maximum Gasteiger partial charge on any atom is 0.0495 e. The summed E-state index contributed by atoms with van der Waals surface area (Å²) in [6.45, 7) is 3.02. The normalized spacial score (nSPS) is 8.60. The molecule has 0 aromatic carbocycles. The van der Waals surface area contributed by atoms with E-state index < -0.39 is 11.0 Å². The van der Waals surface area contributed by atoms with Crippen molar-refractivity contribution in [2.24, 2.45) is 0 Å². The first-order chi connectivity index (χ1) is 4.65. The van der Waals surface area contributed by atoms with Crippen molar-refractivity contribution in [1.29, 1.82) is 0 Å². The molecule has 0 spiro atoms. The topological polar surface area (TPSA) is 63.6 Å². The minimum Gasteiger partial charge on any atom is -0.439 e. The van der Waals surface area contributed by atoms with E-state index >= 15 is 0 Å². The molecule has 0 rings (SSSR count). The summed E-state index contributed by atoms with van der Waals surface area (Å²) in [6.07, 6.45) is 2.39. The van der Waals surface area contributed by atoms with Gasteiger partial charge in [0.1, 0.15) is 0 Å². The second kappa shape index (κ2) is 12.1. The van der Waals surface area contributed by atoms with Crippen molar-refractivity contribution in [3.05, 3.63) is 0 Å². The van der Waals surface area contributed by atoms with Crippen molar-refractivity contribution in [2.45, 2.75) is 19.8 Å². The molecule has 0 atom stereocenters. The summed E-state index contributed by atoms with van der Waals surface area (Å²) in [4.78, 5) is 0. The minimum absolute atomic E-state index is 0.876. The third-order valence-electron chi connectivity index (χ3n) is 0.616. The summed E-state index contributed by atoms with van der Waals surface area (Å²) >= 11 is 2.23. The van der Waals surface area contributed by atoms with Crippen molar-refractivity contribution >= 4 is 27.6 Å². The molecule has 0 aromatic rings. The van der Waals surface area contributed by atoms with Crippen LogP contribution in [0.2, 0.25) is 0 Å². The van der Waals surface area contributed by atoms with E-state index in [9.17, 15) is 0 Å². The summed E-state index contributed by atoms with van der Waals surface area (Å²) < 4.78 is 28.8. The van der Waals surface area contributed by atoms with Gasteiger partial charge in [0.05, 0.1) is 0 Å². The van der Waals surface area contributed by atoms with E-state index in [2.05, 4.69) is 23.5 Å². The molecule has 0 heterocycles. The van der Waals surface area contributed by atoms with E-state index in [-0.39, 0.29) is 0 Å². The Kier molecular flexibility index (Phi) is 15.8. The van der Waals surface area contributed by atoms with Gasteiger partial charge in [0.15, 0.2) is 0 Å². The summed E-state index contributed by atoms with van der Waals surface area (Å²) in [5.74, 6) is 0. The largest absolute Gasteiger partial charge is 0.439 e. The van der Waals surface area contributed by atoms with Gasteiger partial charge in [0.25, 0.3) is 0 Å².